The lowest BCUT2D eigenvalue weighted by atomic mass is 9.64. The fraction of sp³-hybridized carbons (Fsp3) is 0.421. The maximum Gasteiger partial charge on any atom is 0.315 e. The van der Waals surface area contributed by atoms with Crippen molar-refractivity contribution in [2.24, 2.45) is 0 Å². The van der Waals surface area contributed by atoms with Crippen molar-refractivity contribution in [2.45, 2.75) is 45.1 Å². The summed E-state index contributed by atoms with van der Waals surface area (Å²) in [6.07, 6.45) is 3.50. The van der Waals surface area contributed by atoms with E-state index in [2.05, 4.69) is 34.9 Å². The Balaban J connectivity index is 1.53. The highest BCUT2D eigenvalue weighted by Crippen LogP contribution is 2.43. The Morgan fingerprint density at radius 2 is 1.91 bits per heavy atom. The van der Waals surface area contributed by atoms with Crippen LogP contribution < -0.4 is 10.6 Å². The standard InChI is InChI=1S/C19H24N2O2/c1-14-11-16(15(2)23-14)12-20-18(22)21-13-19(9-6-10-19)17-7-4-3-5-8-17/h3-5,7-8,11H,6,9-10,12-13H2,1-2H3,(H2,20,21,22). The molecule has 1 heterocycles. The number of nitrogens with one attached hydrogen (secondary N) is 2. The molecule has 2 aromatic rings. The predicted octanol–water partition coefficient (Wildman–Crippen LogP) is 3.82. The lowest BCUT2D eigenvalue weighted by Crippen LogP contribution is -2.48. The molecule has 1 aromatic carbocycles. The second kappa shape index (κ2) is 6.49. The molecule has 1 aliphatic carbocycles. The molecule has 1 fully saturated rings. The maximum atomic E-state index is 12.1. The molecule has 4 heteroatoms. The first-order chi connectivity index (χ1) is 11.1. The molecule has 0 unspecified atom stereocenters. The predicted molar refractivity (Wildman–Crippen MR) is 90.4 cm³/mol. The van der Waals surface area contributed by atoms with Crippen molar-refractivity contribution in [1.82, 2.24) is 10.6 Å². The number of hydrogen-bond acceptors (Lipinski definition) is 2. The van der Waals surface area contributed by atoms with Crippen molar-refractivity contribution in [3.05, 3.63) is 59.0 Å². The van der Waals surface area contributed by atoms with Gasteiger partial charge < -0.3 is 15.1 Å². The molecule has 0 radical (unpaired) electrons. The van der Waals surface area contributed by atoms with Crippen molar-refractivity contribution in [1.29, 1.82) is 0 Å². The largest absolute Gasteiger partial charge is 0.466 e. The van der Waals surface area contributed by atoms with Gasteiger partial charge in [0.1, 0.15) is 11.5 Å². The summed E-state index contributed by atoms with van der Waals surface area (Å²) in [7, 11) is 0. The SMILES string of the molecule is Cc1cc(CNC(=O)NCC2(c3ccccc3)CCC2)c(C)o1. The highest BCUT2D eigenvalue weighted by molar-refractivity contribution is 5.74. The summed E-state index contributed by atoms with van der Waals surface area (Å²) in [5.41, 5.74) is 2.47. The van der Waals surface area contributed by atoms with Crippen molar-refractivity contribution in [3.63, 3.8) is 0 Å². The summed E-state index contributed by atoms with van der Waals surface area (Å²) in [5.74, 6) is 1.74. The zero-order valence-corrected chi connectivity index (χ0v) is 13.8. The Morgan fingerprint density at radius 1 is 1.17 bits per heavy atom. The highest BCUT2D eigenvalue weighted by Gasteiger charge is 2.38. The van der Waals surface area contributed by atoms with Gasteiger partial charge in [-0.1, -0.05) is 36.8 Å². The van der Waals surface area contributed by atoms with Crippen LogP contribution >= 0.6 is 0 Å². The van der Waals surface area contributed by atoms with Crippen LogP contribution in [0.1, 0.15) is 41.9 Å². The number of aryl methyl sites for hydroxylation is 2. The van der Waals surface area contributed by atoms with Crippen LogP contribution in [-0.2, 0) is 12.0 Å². The van der Waals surface area contributed by atoms with Gasteiger partial charge in [-0.3, -0.25) is 0 Å². The van der Waals surface area contributed by atoms with Crippen molar-refractivity contribution < 1.29 is 9.21 Å². The molecule has 2 amide bonds. The molecule has 1 saturated carbocycles. The lowest BCUT2D eigenvalue weighted by Gasteiger charge is -2.42. The van der Waals surface area contributed by atoms with Gasteiger partial charge in [0.15, 0.2) is 0 Å². The third-order valence-electron chi connectivity index (χ3n) is 4.87. The summed E-state index contributed by atoms with van der Waals surface area (Å²) >= 11 is 0. The number of carbonyl (C=O) groups is 1. The van der Waals surface area contributed by atoms with Gasteiger partial charge in [0.2, 0.25) is 0 Å². The highest BCUT2D eigenvalue weighted by atomic mass is 16.3. The molecule has 0 bridgehead atoms. The molecule has 122 valence electrons. The van der Waals surface area contributed by atoms with Crippen molar-refractivity contribution in [2.75, 3.05) is 6.54 Å². The summed E-state index contributed by atoms with van der Waals surface area (Å²) in [6.45, 7) is 5.01. The molecule has 4 nitrogen and oxygen atoms in total. The number of furan rings is 1. The molecule has 23 heavy (non-hydrogen) atoms. The van der Waals surface area contributed by atoms with Gasteiger partial charge in [0, 0.05) is 24.1 Å². The van der Waals surface area contributed by atoms with E-state index in [0.29, 0.717) is 13.1 Å². The number of rotatable bonds is 5. The average Bonchev–Trinajstić information content (AvgIpc) is 2.83. The average molecular weight is 312 g/mol. The Bertz CT molecular complexity index is 672. The van der Waals surface area contributed by atoms with Crippen LogP contribution in [0, 0.1) is 13.8 Å². The second-order valence-corrected chi connectivity index (χ2v) is 6.47. The summed E-state index contributed by atoms with van der Waals surface area (Å²) < 4.78 is 5.47. The van der Waals surface area contributed by atoms with Gasteiger partial charge in [-0.2, -0.15) is 0 Å². The Morgan fingerprint density at radius 3 is 2.48 bits per heavy atom. The van der Waals surface area contributed by atoms with E-state index >= 15 is 0 Å². The van der Waals surface area contributed by atoms with Gasteiger partial charge in [-0.15, -0.1) is 0 Å². The Hall–Kier alpha value is -2.23. The van der Waals surface area contributed by atoms with Crippen LogP contribution in [0.3, 0.4) is 0 Å². The fourth-order valence-corrected chi connectivity index (χ4v) is 3.31. The Labute approximate surface area is 137 Å². The monoisotopic (exact) mass is 312 g/mol. The zero-order chi connectivity index (χ0) is 16.3. The summed E-state index contributed by atoms with van der Waals surface area (Å²) in [4.78, 5) is 12.1. The first-order valence-electron chi connectivity index (χ1n) is 8.22. The minimum Gasteiger partial charge on any atom is -0.466 e. The van der Waals surface area contributed by atoms with Crippen LogP contribution in [0.25, 0.3) is 0 Å². The molecule has 2 N–H and O–H groups in total. The molecule has 0 atom stereocenters. The molecule has 0 aliphatic heterocycles. The molecule has 0 spiro atoms. The third kappa shape index (κ3) is 3.41. The normalized spacial score (nSPS) is 15.7. The van der Waals surface area contributed by atoms with Gasteiger partial charge in [0.05, 0.1) is 0 Å². The van der Waals surface area contributed by atoms with Crippen molar-refractivity contribution in [3.8, 4) is 0 Å². The lowest BCUT2D eigenvalue weighted by molar-refractivity contribution is 0.214. The number of amides is 2. The zero-order valence-electron chi connectivity index (χ0n) is 13.8. The molecular formula is C19H24N2O2. The first kappa shape index (κ1) is 15.7. The molecule has 0 saturated heterocycles. The second-order valence-electron chi connectivity index (χ2n) is 6.47. The summed E-state index contributed by atoms with van der Waals surface area (Å²) in [5, 5.41) is 5.96. The van der Waals surface area contributed by atoms with Gasteiger partial charge in [-0.25, -0.2) is 4.79 Å². The number of urea groups is 1. The fourth-order valence-electron chi connectivity index (χ4n) is 3.31. The third-order valence-corrected chi connectivity index (χ3v) is 4.87. The van der Waals surface area contributed by atoms with Crippen LogP contribution in [0.5, 0.6) is 0 Å². The van der Waals surface area contributed by atoms with E-state index in [1.807, 2.05) is 26.0 Å². The van der Waals surface area contributed by atoms with Crippen LogP contribution in [0.4, 0.5) is 4.79 Å². The van der Waals surface area contributed by atoms with E-state index in [-0.39, 0.29) is 11.4 Å². The number of carbonyl (C=O) groups excluding carboxylic acids is 1. The van der Waals surface area contributed by atoms with Crippen molar-refractivity contribution >= 4 is 6.03 Å². The topological polar surface area (TPSA) is 54.3 Å². The molecule has 1 aliphatic rings. The molecule has 3 rings (SSSR count). The summed E-state index contributed by atoms with van der Waals surface area (Å²) in [6, 6.07) is 12.3. The first-order valence-corrected chi connectivity index (χ1v) is 8.22. The van der Waals surface area contributed by atoms with Crippen LogP contribution in [-0.4, -0.2) is 12.6 Å². The Kier molecular flexibility index (Phi) is 4.42. The van der Waals surface area contributed by atoms with E-state index in [4.69, 9.17) is 4.42 Å². The maximum absolute atomic E-state index is 12.1. The van der Waals surface area contributed by atoms with Crippen LogP contribution in [0.15, 0.2) is 40.8 Å². The number of hydrogen-bond donors (Lipinski definition) is 2. The van der Waals surface area contributed by atoms with Crippen LogP contribution in [0.2, 0.25) is 0 Å². The van der Waals surface area contributed by atoms with E-state index in [1.54, 1.807) is 0 Å². The van der Waals surface area contributed by atoms with E-state index in [0.717, 1.165) is 29.9 Å². The van der Waals surface area contributed by atoms with E-state index in [9.17, 15) is 4.79 Å². The quantitative estimate of drug-likeness (QED) is 0.882. The molecular weight excluding hydrogens is 288 g/mol. The smallest absolute Gasteiger partial charge is 0.315 e. The van der Waals surface area contributed by atoms with Gasteiger partial charge >= 0.3 is 6.03 Å². The van der Waals surface area contributed by atoms with Gasteiger partial charge in [0.25, 0.3) is 0 Å². The molecule has 1 aromatic heterocycles. The minimum atomic E-state index is -0.120. The number of benzene rings is 1. The minimum absolute atomic E-state index is 0.112. The van der Waals surface area contributed by atoms with Gasteiger partial charge in [-0.05, 0) is 38.3 Å². The van der Waals surface area contributed by atoms with E-state index < -0.39 is 0 Å². The van der Waals surface area contributed by atoms with E-state index in [1.165, 1.54) is 12.0 Å².